The van der Waals surface area contributed by atoms with Crippen molar-refractivity contribution in [3.8, 4) is 11.4 Å². The van der Waals surface area contributed by atoms with E-state index in [4.69, 9.17) is 23.8 Å². The minimum absolute atomic E-state index is 0.105. The van der Waals surface area contributed by atoms with E-state index in [9.17, 15) is 0 Å². The fourth-order valence-corrected chi connectivity index (χ4v) is 2.79. The van der Waals surface area contributed by atoms with Gasteiger partial charge in [-0.1, -0.05) is 68.8 Å². The number of halogens is 1. The number of aromatic nitrogens is 3. The maximum Gasteiger partial charge on any atom is 0.216 e. The number of nitrogens with zero attached hydrogens (tertiary/aromatic N) is 3. The van der Waals surface area contributed by atoms with Gasteiger partial charge in [0.2, 0.25) is 4.77 Å². The average molecular weight is 371 g/mol. The van der Waals surface area contributed by atoms with Crippen LogP contribution < -0.4 is 0 Å². The Balaban J connectivity index is 1.96. The zero-order valence-electron chi connectivity index (χ0n) is 14.3. The van der Waals surface area contributed by atoms with Crippen LogP contribution in [0.2, 0.25) is 5.02 Å². The molecule has 3 rings (SSSR count). The fraction of sp³-hybridized carbons (Fsp3) is 0.211. The monoisotopic (exact) mass is 370 g/mol. The first-order valence-corrected chi connectivity index (χ1v) is 8.71. The summed E-state index contributed by atoms with van der Waals surface area (Å²) in [5, 5.41) is 12.2. The number of nitrogens with one attached hydrogen (secondary N) is 1. The van der Waals surface area contributed by atoms with Crippen LogP contribution in [-0.4, -0.2) is 21.1 Å². The summed E-state index contributed by atoms with van der Waals surface area (Å²) in [6.07, 6.45) is 1.71. The number of aromatic amines is 1. The van der Waals surface area contributed by atoms with E-state index in [1.165, 1.54) is 5.56 Å². The third kappa shape index (κ3) is 4.06. The number of hydrogen-bond acceptors (Lipinski definition) is 3. The van der Waals surface area contributed by atoms with E-state index in [-0.39, 0.29) is 5.41 Å². The minimum Gasteiger partial charge on any atom is -0.250 e. The Hall–Kier alpha value is -2.24. The van der Waals surface area contributed by atoms with Gasteiger partial charge in [-0.05, 0) is 40.9 Å². The van der Waals surface area contributed by atoms with Gasteiger partial charge < -0.3 is 0 Å². The molecule has 1 N–H and O–H groups in total. The van der Waals surface area contributed by atoms with Crippen molar-refractivity contribution >= 4 is 30.0 Å². The van der Waals surface area contributed by atoms with Crippen molar-refractivity contribution in [1.29, 1.82) is 0 Å². The minimum atomic E-state index is 0.105. The molecule has 0 saturated carbocycles. The van der Waals surface area contributed by atoms with Crippen LogP contribution in [0.25, 0.3) is 11.4 Å². The Morgan fingerprint density at radius 1 is 1.16 bits per heavy atom. The molecule has 0 saturated heterocycles. The maximum absolute atomic E-state index is 6.01. The van der Waals surface area contributed by atoms with Gasteiger partial charge in [-0.2, -0.15) is 14.9 Å². The molecule has 2 aromatic carbocycles. The standard InChI is InChI=1S/C19H19ClN4S/c1-19(2,3)15-9-7-14(8-10-15)17-22-23-18(25)24(17)21-12-13-5-4-6-16(20)11-13/h4-12H,1-3H3,(H,23,25)/b21-12-. The predicted molar refractivity (Wildman–Crippen MR) is 106 cm³/mol. The molecule has 0 radical (unpaired) electrons. The second-order valence-electron chi connectivity index (χ2n) is 6.79. The lowest BCUT2D eigenvalue weighted by molar-refractivity contribution is 0.590. The lowest BCUT2D eigenvalue weighted by Gasteiger charge is -2.18. The summed E-state index contributed by atoms with van der Waals surface area (Å²) >= 11 is 11.3. The van der Waals surface area contributed by atoms with Crippen LogP contribution in [0, 0.1) is 4.77 Å². The highest BCUT2D eigenvalue weighted by atomic mass is 35.5. The van der Waals surface area contributed by atoms with Gasteiger partial charge in [-0.3, -0.25) is 0 Å². The van der Waals surface area contributed by atoms with Crippen molar-refractivity contribution in [1.82, 2.24) is 14.9 Å². The number of benzene rings is 2. The van der Waals surface area contributed by atoms with Gasteiger partial charge in [-0.25, -0.2) is 5.10 Å². The van der Waals surface area contributed by atoms with Crippen LogP contribution in [0.1, 0.15) is 31.9 Å². The molecule has 4 nitrogen and oxygen atoms in total. The van der Waals surface area contributed by atoms with E-state index in [0.717, 1.165) is 11.1 Å². The molecule has 0 aliphatic carbocycles. The van der Waals surface area contributed by atoms with Crippen LogP contribution in [-0.2, 0) is 5.41 Å². The Morgan fingerprint density at radius 2 is 1.88 bits per heavy atom. The van der Waals surface area contributed by atoms with Gasteiger partial charge in [0.15, 0.2) is 5.82 Å². The van der Waals surface area contributed by atoms with Crippen LogP contribution in [0.5, 0.6) is 0 Å². The highest BCUT2D eigenvalue weighted by Gasteiger charge is 2.14. The van der Waals surface area contributed by atoms with Crippen molar-refractivity contribution in [3.05, 3.63) is 69.5 Å². The summed E-state index contributed by atoms with van der Waals surface area (Å²) in [6, 6.07) is 15.8. The molecule has 3 aromatic rings. The van der Waals surface area contributed by atoms with E-state index in [1.54, 1.807) is 10.9 Å². The van der Waals surface area contributed by atoms with Crippen molar-refractivity contribution in [3.63, 3.8) is 0 Å². The van der Waals surface area contributed by atoms with Crippen LogP contribution in [0.3, 0.4) is 0 Å². The van der Waals surface area contributed by atoms with Crippen LogP contribution >= 0.6 is 23.8 Å². The molecule has 1 aromatic heterocycles. The van der Waals surface area contributed by atoms with Crippen molar-refractivity contribution < 1.29 is 0 Å². The Morgan fingerprint density at radius 3 is 2.52 bits per heavy atom. The molecule has 0 bridgehead atoms. The largest absolute Gasteiger partial charge is 0.250 e. The first-order chi connectivity index (χ1) is 11.8. The first-order valence-electron chi connectivity index (χ1n) is 7.93. The average Bonchev–Trinajstić information content (AvgIpc) is 2.93. The third-order valence-electron chi connectivity index (χ3n) is 3.83. The molecular weight excluding hydrogens is 352 g/mol. The van der Waals surface area contributed by atoms with E-state index in [0.29, 0.717) is 15.6 Å². The molecule has 128 valence electrons. The topological polar surface area (TPSA) is 46.0 Å². The van der Waals surface area contributed by atoms with E-state index < -0.39 is 0 Å². The third-order valence-corrected chi connectivity index (χ3v) is 4.33. The van der Waals surface area contributed by atoms with Gasteiger partial charge >= 0.3 is 0 Å². The molecule has 0 aliphatic rings. The molecule has 0 aliphatic heterocycles. The van der Waals surface area contributed by atoms with Gasteiger partial charge in [0.05, 0.1) is 6.21 Å². The van der Waals surface area contributed by atoms with E-state index in [2.05, 4.69) is 48.2 Å². The molecular formula is C19H19ClN4S. The Labute approximate surface area is 157 Å². The second kappa shape index (κ2) is 6.94. The van der Waals surface area contributed by atoms with Crippen molar-refractivity contribution in [2.24, 2.45) is 5.10 Å². The summed E-state index contributed by atoms with van der Waals surface area (Å²) in [5.41, 5.74) is 3.21. The molecule has 0 unspecified atom stereocenters. The van der Waals surface area contributed by atoms with E-state index >= 15 is 0 Å². The van der Waals surface area contributed by atoms with Gasteiger partial charge in [-0.15, -0.1) is 0 Å². The molecule has 0 atom stereocenters. The SMILES string of the molecule is CC(C)(C)c1ccc(-c2n[nH]c(=S)n2/N=C\c2cccc(Cl)c2)cc1. The van der Waals surface area contributed by atoms with E-state index in [1.807, 2.05) is 36.4 Å². The molecule has 25 heavy (non-hydrogen) atoms. The van der Waals surface area contributed by atoms with Gasteiger partial charge in [0.25, 0.3) is 0 Å². The van der Waals surface area contributed by atoms with Crippen molar-refractivity contribution in [2.75, 3.05) is 0 Å². The summed E-state index contributed by atoms with van der Waals surface area (Å²) in [5.74, 6) is 0.670. The zero-order valence-corrected chi connectivity index (χ0v) is 15.9. The summed E-state index contributed by atoms with van der Waals surface area (Å²) in [7, 11) is 0. The Bertz CT molecular complexity index is 962. The summed E-state index contributed by atoms with van der Waals surface area (Å²) < 4.78 is 2.05. The quantitative estimate of drug-likeness (QED) is 0.492. The lowest BCUT2D eigenvalue weighted by Crippen LogP contribution is -2.10. The normalized spacial score (nSPS) is 12.0. The fourth-order valence-electron chi connectivity index (χ4n) is 2.42. The van der Waals surface area contributed by atoms with Crippen LogP contribution in [0.4, 0.5) is 0 Å². The summed E-state index contributed by atoms with van der Waals surface area (Å²) in [6.45, 7) is 6.56. The number of H-pyrrole nitrogens is 1. The molecule has 1 heterocycles. The predicted octanol–water partition coefficient (Wildman–Crippen LogP) is 5.44. The molecule has 6 heteroatoms. The van der Waals surface area contributed by atoms with Crippen molar-refractivity contribution in [2.45, 2.75) is 26.2 Å². The second-order valence-corrected chi connectivity index (χ2v) is 7.61. The van der Waals surface area contributed by atoms with Crippen LogP contribution in [0.15, 0.2) is 53.6 Å². The Kier molecular flexibility index (Phi) is 4.88. The maximum atomic E-state index is 6.01. The smallest absolute Gasteiger partial charge is 0.216 e. The molecule has 0 fully saturated rings. The summed E-state index contributed by atoms with van der Waals surface area (Å²) in [4.78, 5) is 0. The van der Waals surface area contributed by atoms with Gasteiger partial charge in [0, 0.05) is 10.6 Å². The first kappa shape index (κ1) is 17.6. The molecule has 0 spiro atoms. The zero-order chi connectivity index (χ0) is 18.0. The lowest BCUT2D eigenvalue weighted by atomic mass is 9.87. The number of hydrogen-bond donors (Lipinski definition) is 1. The number of rotatable bonds is 3. The molecule has 0 amide bonds. The highest BCUT2D eigenvalue weighted by molar-refractivity contribution is 7.71. The highest BCUT2D eigenvalue weighted by Crippen LogP contribution is 2.25. The van der Waals surface area contributed by atoms with Gasteiger partial charge in [0.1, 0.15) is 0 Å².